The SMILES string of the molecule is C=C/C(=C\C)NC(=O)c1c(N2CCC(COC)C(F)(F)CC2)ncc(C(F)(F)F)c1C. The number of ether oxygens (including phenoxy) is 1. The van der Waals surface area contributed by atoms with E-state index >= 15 is 0 Å². The first-order valence-electron chi connectivity index (χ1n) is 9.74. The lowest BCUT2D eigenvalue weighted by Gasteiger charge is -2.26. The summed E-state index contributed by atoms with van der Waals surface area (Å²) in [5, 5.41) is 2.49. The summed E-state index contributed by atoms with van der Waals surface area (Å²) < 4.78 is 74.1. The summed E-state index contributed by atoms with van der Waals surface area (Å²) in [6.45, 7) is 6.13. The molecule has 2 heterocycles. The van der Waals surface area contributed by atoms with E-state index in [2.05, 4.69) is 16.9 Å². The number of aromatic nitrogens is 1. The molecule has 1 aromatic rings. The van der Waals surface area contributed by atoms with Crippen molar-refractivity contribution in [1.82, 2.24) is 10.3 Å². The van der Waals surface area contributed by atoms with Crippen molar-refractivity contribution in [3.8, 4) is 0 Å². The summed E-state index contributed by atoms with van der Waals surface area (Å²) in [6, 6.07) is 0. The van der Waals surface area contributed by atoms with Crippen LogP contribution in [0.4, 0.5) is 27.8 Å². The highest BCUT2D eigenvalue weighted by atomic mass is 19.4. The molecular formula is C21H26F5N3O2. The van der Waals surface area contributed by atoms with Gasteiger partial charge >= 0.3 is 6.18 Å². The van der Waals surface area contributed by atoms with Crippen LogP contribution in [0.5, 0.6) is 0 Å². The molecule has 1 aliphatic rings. The lowest BCUT2D eigenvalue weighted by molar-refractivity contribution is -0.138. The minimum Gasteiger partial charge on any atom is -0.384 e. The predicted octanol–water partition coefficient (Wildman–Crippen LogP) is 4.73. The molecule has 1 aliphatic heterocycles. The average Bonchev–Trinajstić information content (AvgIpc) is 2.83. The lowest BCUT2D eigenvalue weighted by atomic mass is 9.97. The first kappa shape index (κ1) is 24.8. The molecule has 1 unspecified atom stereocenters. The van der Waals surface area contributed by atoms with Crippen molar-refractivity contribution in [3.05, 3.63) is 47.3 Å². The molecule has 0 bridgehead atoms. The van der Waals surface area contributed by atoms with Crippen LogP contribution in [-0.4, -0.2) is 43.6 Å². The summed E-state index contributed by atoms with van der Waals surface area (Å²) in [6.07, 6.45) is -1.70. The van der Waals surface area contributed by atoms with Gasteiger partial charge in [-0.15, -0.1) is 0 Å². The Morgan fingerprint density at radius 3 is 2.65 bits per heavy atom. The van der Waals surface area contributed by atoms with E-state index in [1.54, 1.807) is 6.92 Å². The number of rotatable bonds is 6. The molecule has 1 amide bonds. The Morgan fingerprint density at radius 2 is 2.10 bits per heavy atom. The summed E-state index contributed by atoms with van der Waals surface area (Å²) in [7, 11) is 1.33. The zero-order valence-electron chi connectivity index (χ0n) is 17.7. The number of alkyl halides is 5. The van der Waals surface area contributed by atoms with E-state index in [1.807, 2.05) is 0 Å². The Bertz CT molecular complexity index is 852. The highest BCUT2D eigenvalue weighted by Gasteiger charge is 2.43. The van der Waals surface area contributed by atoms with Crippen molar-refractivity contribution < 1.29 is 31.5 Å². The van der Waals surface area contributed by atoms with Crippen molar-refractivity contribution in [2.24, 2.45) is 5.92 Å². The molecule has 1 saturated heterocycles. The van der Waals surface area contributed by atoms with Crippen LogP contribution in [0.3, 0.4) is 0 Å². The van der Waals surface area contributed by atoms with Crippen LogP contribution in [0.15, 0.2) is 30.6 Å². The Kier molecular flexibility index (Phi) is 7.80. The zero-order valence-corrected chi connectivity index (χ0v) is 17.7. The second-order valence-corrected chi connectivity index (χ2v) is 7.33. The summed E-state index contributed by atoms with van der Waals surface area (Å²) in [5.41, 5.74) is -1.38. The third-order valence-corrected chi connectivity index (χ3v) is 5.37. The molecule has 1 N–H and O–H groups in total. The monoisotopic (exact) mass is 447 g/mol. The van der Waals surface area contributed by atoms with Crippen molar-refractivity contribution >= 4 is 11.7 Å². The van der Waals surface area contributed by atoms with Crippen molar-refractivity contribution in [3.63, 3.8) is 0 Å². The van der Waals surface area contributed by atoms with Gasteiger partial charge in [0, 0.05) is 44.4 Å². The number of methoxy groups -OCH3 is 1. The molecule has 0 aromatic carbocycles. The number of nitrogens with zero attached hydrogens (tertiary/aromatic N) is 2. The lowest BCUT2D eigenvalue weighted by Crippen LogP contribution is -2.32. The van der Waals surface area contributed by atoms with Crippen LogP contribution >= 0.6 is 0 Å². The first-order valence-corrected chi connectivity index (χ1v) is 9.74. The molecule has 1 fully saturated rings. The summed E-state index contributed by atoms with van der Waals surface area (Å²) in [4.78, 5) is 18.2. The first-order chi connectivity index (χ1) is 14.5. The quantitative estimate of drug-likeness (QED) is 0.506. The Balaban J connectivity index is 2.52. The van der Waals surface area contributed by atoms with E-state index in [-0.39, 0.29) is 43.1 Å². The Hall–Kier alpha value is -2.49. The van der Waals surface area contributed by atoms with Crippen LogP contribution in [-0.2, 0) is 10.9 Å². The van der Waals surface area contributed by atoms with Gasteiger partial charge in [0.2, 0.25) is 0 Å². The van der Waals surface area contributed by atoms with E-state index < -0.39 is 35.9 Å². The minimum atomic E-state index is -4.72. The van der Waals surface area contributed by atoms with Crippen LogP contribution in [0.2, 0.25) is 0 Å². The van der Waals surface area contributed by atoms with Crippen LogP contribution < -0.4 is 10.2 Å². The fourth-order valence-corrected chi connectivity index (χ4v) is 3.56. The molecule has 0 radical (unpaired) electrons. The highest BCUT2D eigenvalue weighted by molar-refractivity contribution is 6.01. The van der Waals surface area contributed by atoms with Gasteiger partial charge in [-0.05, 0) is 31.9 Å². The van der Waals surface area contributed by atoms with Crippen LogP contribution in [0.25, 0.3) is 0 Å². The topological polar surface area (TPSA) is 54.5 Å². The third kappa shape index (κ3) is 5.61. The van der Waals surface area contributed by atoms with Gasteiger partial charge < -0.3 is 15.0 Å². The van der Waals surface area contributed by atoms with Gasteiger partial charge in [-0.3, -0.25) is 4.79 Å². The number of amides is 1. The van der Waals surface area contributed by atoms with Gasteiger partial charge in [-0.25, -0.2) is 13.8 Å². The Labute approximate surface area is 178 Å². The minimum absolute atomic E-state index is 0.0381. The van der Waals surface area contributed by atoms with Gasteiger partial charge in [0.25, 0.3) is 11.8 Å². The Morgan fingerprint density at radius 1 is 1.42 bits per heavy atom. The number of halogens is 5. The van der Waals surface area contributed by atoms with Crippen molar-refractivity contribution in [1.29, 1.82) is 0 Å². The molecule has 5 nitrogen and oxygen atoms in total. The number of hydrogen-bond donors (Lipinski definition) is 1. The second-order valence-electron chi connectivity index (χ2n) is 7.33. The van der Waals surface area contributed by atoms with E-state index in [0.29, 0.717) is 11.9 Å². The number of pyridine rings is 1. The zero-order chi connectivity index (χ0) is 23.4. The van der Waals surface area contributed by atoms with Gasteiger partial charge in [0.1, 0.15) is 5.82 Å². The predicted molar refractivity (Wildman–Crippen MR) is 107 cm³/mol. The third-order valence-electron chi connectivity index (χ3n) is 5.37. The summed E-state index contributed by atoms with van der Waals surface area (Å²) >= 11 is 0. The van der Waals surface area contributed by atoms with Crippen molar-refractivity contribution in [2.45, 2.75) is 38.8 Å². The number of nitrogens with one attached hydrogen (secondary N) is 1. The number of hydrogen-bond acceptors (Lipinski definition) is 4. The standard InChI is InChI=1S/C21H26F5N3O2/c1-5-15(6-2)28-19(30)17-13(3)16(21(24,25)26)11-27-18(17)29-9-7-14(12-31-4)20(22,23)8-10-29/h5-6,11,14H,1,7-10,12H2,2-4H3,(H,28,30)/b15-6+. The van der Waals surface area contributed by atoms with Gasteiger partial charge in [0.05, 0.1) is 17.7 Å². The van der Waals surface area contributed by atoms with Gasteiger partial charge in [-0.1, -0.05) is 12.7 Å². The molecular weight excluding hydrogens is 421 g/mol. The van der Waals surface area contributed by atoms with E-state index in [4.69, 9.17) is 4.74 Å². The van der Waals surface area contributed by atoms with E-state index in [9.17, 15) is 26.7 Å². The van der Waals surface area contributed by atoms with Crippen LogP contribution in [0.1, 0.15) is 41.3 Å². The second kappa shape index (κ2) is 9.76. The fraction of sp³-hybridized carbons (Fsp3) is 0.524. The number of carbonyl (C=O) groups excluding carboxylic acids is 1. The molecule has 1 atom stereocenters. The molecule has 31 heavy (non-hydrogen) atoms. The smallest absolute Gasteiger partial charge is 0.384 e. The molecule has 10 heteroatoms. The summed E-state index contributed by atoms with van der Waals surface area (Å²) in [5.74, 6) is -4.92. The molecule has 2 rings (SSSR count). The fourth-order valence-electron chi connectivity index (χ4n) is 3.56. The number of anilines is 1. The number of allylic oxidation sites excluding steroid dienone is 2. The maximum atomic E-state index is 14.5. The largest absolute Gasteiger partial charge is 0.418 e. The molecule has 0 saturated carbocycles. The maximum absolute atomic E-state index is 14.5. The molecule has 0 spiro atoms. The van der Waals surface area contributed by atoms with Gasteiger partial charge in [-0.2, -0.15) is 13.2 Å². The van der Waals surface area contributed by atoms with Gasteiger partial charge in [0.15, 0.2) is 0 Å². The highest BCUT2D eigenvalue weighted by Crippen LogP contribution is 2.38. The van der Waals surface area contributed by atoms with E-state index in [0.717, 1.165) is 0 Å². The number of carbonyl (C=O) groups is 1. The molecule has 0 aliphatic carbocycles. The normalized spacial score (nSPS) is 19.7. The molecule has 172 valence electrons. The van der Waals surface area contributed by atoms with Crippen molar-refractivity contribution in [2.75, 3.05) is 31.7 Å². The molecule has 1 aromatic heterocycles. The average molecular weight is 447 g/mol. The maximum Gasteiger partial charge on any atom is 0.418 e. The van der Waals surface area contributed by atoms with Crippen LogP contribution in [0, 0.1) is 12.8 Å². The van der Waals surface area contributed by atoms with E-state index in [1.165, 1.54) is 31.1 Å².